The normalized spacial score (nSPS) is 12.9. The van der Waals surface area contributed by atoms with Crippen LogP contribution < -0.4 is 5.32 Å². The summed E-state index contributed by atoms with van der Waals surface area (Å²) in [6.45, 7) is 2.00. The van der Waals surface area contributed by atoms with Gasteiger partial charge in [0.05, 0.1) is 0 Å². The highest BCUT2D eigenvalue weighted by Gasteiger charge is 1.60. The molecule has 0 saturated carbocycles. The van der Waals surface area contributed by atoms with Gasteiger partial charge in [-0.2, -0.15) is 0 Å². The van der Waals surface area contributed by atoms with Gasteiger partial charge in [0.15, 0.2) is 0 Å². The fourth-order valence-corrected chi connectivity index (χ4v) is 0.519. The van der Waals surface area contributed by atoms with Gasteiger partial charge in [0.25, 0.3) is 0 Å². The van der Waals surface area contributed by atoms with Crippen molar-refractivity contribution < 1.29 is 0 Å². The Bertz CT molecular complexity index is 173. The lowest BCUT2D eigenvalue weighted by molar-refractivity contribution is 1.10. The molecule has 0 saturated heterocycles. The van der Waals surface area contributed by atoms with E-state index in [0.717, 1.165) is 0 Å². The maximum absolute atomic E-state index is 2.90. The first-order chi connectivity index (χ1) is 5.41. The van der Waals surface area contributed by atoms with Crippen molar-refractivity contribution in [3.63, 3.8) is 0 Å². The van der Waals surface area contributed by atoms with E-state index >= 15 is 0 Å². The van der Waals surface area contributed by atoms with Crippen molar-refractivity contribution in [2.75, 3.05) is 7.05 Å². The van der Waals surface area contributed by atoms with Crippen LogP contribution in [0.2, 0.25) is 0 Å². The number of rotatable bonds is 4. The molecule has 0 aromatic rings. The molecular formula is C10H15N. The van der Waals surface area contributed by atoms with Gasteiger partial charge < -0.3 is 5.32 Å². The van der Waals surface area contributed by atoms with Gasteiger partial charge in [-0.3, -0.25) is 0 Å². The van der Waals surface area contributed by atoms with Crippen LogP contribution in [0.4, 0.5) is 0 Å². The van der Waals surface area contributed by atoms with Gasteiger partial charge in [-0.1, -0.05) is 36.5 Å². The van der Waals surface area contributed by atoms with E-state index in [1.807, 2.05) is 62.7 Å². The summed E-state index contributed by atoms with van der Waals surface area (Å²) < 4.78 is 0. The van der Waals surface area contributed by atoms with Gasteiger partial charge in [-0.05, 0) is 19.2 Å². The smallest absolute Gasteiger partial charge is 0.00277 e. The molecule has 1 heteroatoms. The summed E-state index contributed by atoms with van der Waals surface area (Å²) in [6, 6.07) is 0. The van der Waals surface area contributed by atoms with Crippen molar-refractivity contribution in [1.29, 1.82) is 0 Å². The number of hydrogen-bond donors (Lipinski definition) is 1. The van der Waals surface area contributed by atoms with Crippen LogP contribution in [0, 0.1) is 0 Å². The number of hydrogen-bond acceptors (Lipinski definition) is 1. The molecule has 0 atom stereocenters. The Kier molecular flexibility index (Phi) is 7.77. The summed E-state index contributed by atoms with van der Waals surface area (Å²) in [4.78, 5) is 0. The highest BCUT2D eigenvalue weighted by atomic mass is 14.8. The van der Waals surface area contributed by atoms with Crippen LogP contribution >= 0.6 is 0 Å². The van der Waals surface area contributed by atoms with Crippen LogP contribution in [0.15, 0.2) is 48.7 Å². The SMILES string of the molecule is C/C=C/C=C/C=C/C=C/NC. The topological polar surface area (TPSA) is 12.0 Å². The van der Waals surface area contributed by atoms with Crippen molar-refractivity contribution in [3.8, 4) is 0 Å². The predicted octanol–water partition coefficient (Wildman–Crippen LogP) is 2.41. The van der Waals surface area contributed by atoms with E-state index in [0.29, 0.717) is 0 Å². The molecule has 0 bridgehead atoms. The zero-order valence-electron chi connectivity index (χ0n) is 7.12. The molecule has 0 unspecified atom stereocenters. The quantitative estimate of drug-likeness (QED) is 0.605. The van der Waals surface area contributed by atoms with Crippen molar-refractivity contribution >= 4 is 0 Å². The predicted molar refractivity (Wildman–Crippen MR) is 51.3 cm³/mol. The molecule has 0 fully saturated rings. The standard InChI is InChI=1S/C10H15N/c1-3-4-5-6-7-8-9-10-11-2/h3-11H,1-2H3/b4-3+,6-5+,8-7+,10-9+. The van der Waals surface area contributed by atoms with Crippen LogP contribution in [-0.4, -0.2) is 7.05 Å². The summed E-state index contributed by atoms with van der Waals surface area (Å²) in [7, 11) is 1.88. The Labute approximate surface area is 68.8 Å². The minimum absolute atomic E-state index is 1.88. The summed E-state index contributed by atoms with van der Waals surface area (Å²) >= 11 is 0. The van der Waals surface area contributed by atoms with Crippen molar-refractivity contribution in [2.24, 2.45) is 0 Å². The Morgan fingerprint density at radius 3 is 1.91 bits per heavy atom. The van der Waals surface area contributed by atoms with Gasteiger partial charge in [0.1, 0.15) is 0 Å². The second-order valence-electron chi connectivity index (χ2n) is 1.94. The van der Waals surface area contributed by atoms with Crippen LogP contribution in [-0.2, 0) is 0 Å². The van der Waals surface area contributed by atoms with Crippen molar-refractivity contribution in [3.05, 3.63) is 48.7 Å². The zero-order valence-corrected chi connectivity index (χ0v) is 7.12. The summed E-state index contributed by atoms with van der Waals surface area (Å²) in [6.07, 6.45) is 15.7. The first-order valence-electron chi connectivity index (χ1n) is 3.70. The van der Waals surface area contributed by atoms with Gasteiger partial charge in [-0.25, -0.2) is 0 Å². The molecule has 0 radical (unpaired) electrons. The van der Waals surface area contributed by atoms with Crippen LogP contribution in [0.3, 0.4) is 0 Å². The van der Waals surface area contributed by atoms with Crippen LogP contribution in [0.5, 0.6) is 0 Å². The van der Waals surface area contributed by atoms with Gasteiger partial charge in [-0.15, -0.1) is 0 Å². The fourth-order valence-electron chi connectivity index (χ4n) is 0.519. The summed E-state index contributed by atoms with van der Waals surface area (Å²) in [5.74, 6) is 0. The molecule has 0 aliphatic rings. The fraction of sp³-hybridized carbons (Fsp3) is 0.200. The highest BCUT2D eigenvalue weighted by molar-refractivity contribution is 5.14. The minimum atomic E-state index is 1.88. The van der Waals surface area contributed by atoms with Crippen LogP contribution in [0.1, 0.15) is 6.92 Å². The third-order valence-corrected chi connectivity index (χ3v) is 1.01. The molecule has 0 spiro atoms. The van der Waals surface area contributed by atoms with Gasteiger partial charge >= 0.3 is 0 Å². The molecular weight excluding hydrogens is 134 g/mol. The third kappa shape index (κ3) is 8.76. The van der Waals surface area contributed by atoms with E-state index in [1.54, 1.807) is 0 Å². The van der Waals surface area contributed by atoms with E-state index in [4.69, 9.17) is 0 Å². The number of nitrogens with one attached hydrogen (secondary N) is 1. The van der Waals surface area contributed by atoms with E-state index < -0.39 is 0 Å². The second-order valence-corrected chi connectivity index (χ2v) is 1.94. The maximum atomic E-state index is 2.90. The average molecular weight is 149 g/mol. The molecule has 0 aromatic carbocycles. The van der Waals surface area contributed by atoms with E-state index in [2.05, 4.69) is 5.32 Å². The molecule has 60 valence electrons. The summed E-state index contributed by atoms with van der Waals surface area (Å²) in [5.41, 5.74) is 0. The molecule has 0 aliphatic carbocycles. The monoisotopic (exact) mass is 149 g/mol. The average Bonchev–Trinajstić information content (AvgIpc) is 2.03. The molecule has 11 heavy (non-hydrogen) atoms. The maximum Gasteiger partial charge on any atom is 0.00277 e. The molecule has 0 amide bonds. The van der Waals surface area contributed by atoms with E-state index in [9.17, 15) is 0 Å². The molecule has 0 rings (SSSR count). The first kappa shape index (κ1) is 9.76. The van der Waals surface area contributed by atoms with Gasteiger partial charge in [0.2, 0.25) is 0 Å². The largest absolute Gasteiger partial charge is 0.394 e. The second kappa shape index (κ2) is 8.76. The first-order valence-corrected chi connectivity index (χ1v) is 3.70. The van der Waals surface area contributed by atoms with Crippen LogP contribution in [0.25, 0.3) is 0 Å². The Hall–Kier alpha value is -1.24. The van der Waals surface area contributed by atoms with E-state index in [1.165, 1.54) is 0 Å². The highest BCUT2D eigenvalue weighted by Crippen LogP contribution is 1.80. The molecule has 0 heterocycles. The lowest BCUT2D eigenvalue weighted by Gasteiger charge is -1.78. The third-order valence-electron chi connectivity index (χ3n) is 1.01. The molecule has 1 N–H and O–H groups in total. The Morgan fingerprint density at radius 1 is 0.818 bits per heavy atom. The number of allylic oxidation sites excluding steroid dienone is 7. The van der Waals surface area contributed by atoms with Gasteiger partial charge in [0, 0.05) is 7.05 Å². The molecule has 0 aromatic heterocycles. The minimum Gasteiger partial charge on any atom is -0.394 e. The Morgan fingerprint density at radius 2 is 1.36 bits per heavy atom. The summed E-state index contributed by atoms with van der Waals surface area (Å²) in [5, 5.41) is 2.90. The molecule has 1 nitrogen and oxygen atoms in total. The van der Waals surface area contributed by atoms with E-state index in [-0.39, 0.29) is 0 Å². The lowest BCUT2D eigenvalue weighted by atomic mass is 10.4. The van der Waals surface area contributed by atoms with Crippen molar-refractivity contribution in [2.45, 2.75) is 6.92 Å². The zero-order chi connectivity index (χ0) is 8.36. The lowest BCUT2D eigenvalue weighted by Crippen LogP contribution is -1.89. The van der Waals surface area contributed by atoms with Crippen molar-refractivity contribution in [1.82, 2.24) is 5.32 Å². The Balaban J connectivity index is 3.51. The molecule has 0 aliphatic heterocycles.